The summed E-state index contributed by atoms with van der Waals surface area (Å²) >= 11 is 0. The molecule has 2 aliphatic rings. The lowest BCUT2D eigenvalue weighted by molar-refractivity contribution is -0.274. The van der Waals surface area contributed by atoms with E-state index in [9.17, 15) is 27.5 Å². The highest BCUT2D eigenvalue weighted by atomic mass is 19.4. The van der Waals surface area contributed by atoms with Gasteiger partial charge in [0.1, 0.15) is 17.2 Å². The number of ketones is 1. The van der Waals surface area contributed by atoms with Crippen LogP contribution in [0.15, 0.2) is 55.0 Å². The molecule has 9 heteroatoms. The maximum absolute atomic E-state index is 14.7. The molecule has 1 aliphatic carbocycles. The van der Waals surface area contributed by atoms with Gasteiger partial charge >= 0.3 is 6.36 Å². The second-order valence-electron chi connectivity index (χ2n) is 8.95. The van der Waals surface area contributed by atoms with E-state index in [-0.39, 0.29) is 36.7 Å². The van der Waals surface area contributed by atoms with Crippen LogP contribution in [-0.4, -0.2) is 32.4 Å². The van der Waals surface area contributed by atoms with E-state index in [4.69, 9.17) is 0 Å². The van der Waals surface area contributed by atoms with Crippen LogP contribution < -0.4 is 4.74 Å². The summed E-state index contributed by atoms with van der Waals surface area (Å²) in [6.07, 6.45) is -0.129. The number of carbonyl (C=O) groups excluding carboxylic acids is 1. The Bertz CT molecular complexity index is 1210. The van der Waals surface area contributed by atoms with Gasteiger partial charge in [0.15, 0.2) is 5.78 Å². The number of nitrogens with zero attached hydrogens (tertiary/aromatic N) is 2. The molecular formula is C25H22F4N2O3. The van der Waals surface area contributed by atoms with Crippen molar-refractivity contribution in [2.75, 3.05) is 0 Å². The van der Waals surface area contributed by atoms with Gasteiger partial charge in [0, 0.05) is 17.5 Å². The molecule has 1 atom stereocenters. The fourth-order valence-electron chi connectivity index (χ4n) is 5.21. The molecule has 0 bridgehead atoms. The Kier molecular flexibility index (Phi) is 5.47. The number of benzene rings is 2. The summed E-state index contributed by atoms with van der Waals surface area (Å²) in [6.45, 7) is 0. The molecule has 1 aliphatic heterocycles. The van der Waals surface area contributed by atoms with Crippen molar-refractivity contribution in [1.29, 1.82) is 0 Å². The maximum atomic E-state index is 14.7. The third kappa shape index (κ3) is 4.09. The first-order valence-electron chi connectivity index (χ1n) is 11.1. The van der Waals surface area contributed by atoms with E-state index in [2.05, 4.69) is 9.72 Å². The Morgan fingerprint density at radius 1 is 1.15 bits per heavy atom. The number of fused-ring (bicyclic) bond motifs is 3. The van der Waals surface area contributed by atoms with Crippen molar-refractivity contribution in [2.24, 2.45) is 0 Å². The molecule has 0 saturated heterocycles. The van der Waals surface area contributed by atoms with E-state index < -0.39 is 23.8 Å². The van der Waals surface area contributed by atoms with Crippen molar-refractivity contribution >= 4 is 5.78 Å². The summed E-state index contributed by atoms with van der Waals surface area (Å²) < 4.78 is 57.4. The number of carbonyl (C=O) groups is 1. The lowest BCUT2D eigenvalue weighted by Crippen LogP contribution is -2.42. The van der Waals surface area contributed by atoms with Gasteiger partial charge in [-0.2, -0.15) is 0 Å². The fraction of sp³-hybridized carbons (Fsp3) is 0.360. The number of rotatable bonds is 5. The molecule has 1 fully saturated rings. The highest BCUT2D eigenvalue weighted by Gasteiger charge is 2.43. The minimum Gasteiger partial charge on any atom is -0.406 e. The number of imidazole rings is 1. The number of halogens is 4. The second-order valence-corrected chi connectivity index (χ2v) is 8.95. The number of ether oxygens (including phenoxy) is 1. The molecule has 0 amide bonds. The summed E-state index contributed by atoms with van der Waals surface area (Å²) in [5.74, 6) is -1.02. The van der Waals surface area contributed by atoms with E-state index in [1.54, 1.807) is 41.4 Å². The SMILES string of the molecule is O=C(CC1c2c(F)cccc2-c2cncn21)C1(O)CCC(c2ccc(OC(F)(F)F)cc2)CC1. The molecule has 1 saturated carbocycles. The molecule has 0 radical (unpaired) electrons. The molecule has 5 nitrogen and oxygen atoms in total. The van der Waals surface area contributed by atoms with Crippen LogP contribution in [0.25, 0.3) is 11.3 Å². The van der Waals surface area contributed by atoms with Gasteiger partial charge in [-0.1, -0.05) is 24.3 Å². The van der Waals surface area contributed by atoms with Gasteiger partial charge in [0.25, 0.3) is 0 Å². The third-order valence-corrected chi connectivity index (χ3v) is 6.96. The van der Waals surface area contributed by atoms with Crippen molar-refractivity contribution in [3.05, 3.63) is 71.9 Å². The van der Waals surface area contributed by atoms with Crippen LogP contribution in [0.1, 0.15) is 55.2 Å². The molecule has 1 N–H and O–H groups in total. The summed E-state index contributed by atoms with van der Waals surface area (Å²) in [5, 5.41) is 11.1. The van der Waals surface area contributed by atoms with E-state index in [1.807, 2.05) is 0 Å². The average molecular weight is 474 g/mol. The van der Waals surface area contributed by atoms with Crippen molar-refractivity contribution in [1.82, 2.24) is 9.55 Å². The number of Topliss-reactive ketones (excluding diaryl/α,β-unsaturated/α-hetero) is 1. The van der Waals surface area contributed by atoms with Crippen molar-refractivity contribution < 1.29 is 32.2 Å². The van der Waals surface area contributed by atoms with E-state index >= 15 is 0 Å². The first-order valence-corrected chi connectivity index (χ1v) is 11.1. The predicted octanol–water partition coefficient (Wildman–Crippen LogP) is 5.54. The molecule has 1 aromatic heterocycles. The van der Waals surface area contributed by atoms with Gasteiger partial charge in [-0.05, 0) is 55.4 Å². The number of hydrogen-bond acceptors (Lipinski definition) is 4. The number of alkyl halides is 3. The van der Waals surface area contributed by atoms with Gasteiger partial charge in [-0.3, -0.25) is 4.79 Å². The molecule has 3 aromatic rings. The molecule has 34 heavy (non-hydrogen) atoms. The first kappa shape index (κ1) is 22.6. The Morgan fingerprint density at radius 3 is 2.53 bits per heavy atom. The Labute approximate surface area is 193 Å². The molecular weight excluding hydrogens is 452 g/mol. The predicted molar refractivity (Wildman–Crippen MR) is 115 cm³/mol. The smallest absolute Gasteiger partial charge is 0.406 e. The highest BCUT2D eigenvalue weighted by molar-refractivity contribution is 5.88. The van der Waals surface area contributed by atoms with Crippen LogP contribution in [0, 0.1) is 5.82 Å². The quantitative estimate of drug-likeness (QED) is 0.494. The lowest BCUT2D eigenvalue weighted by atomic mass is 9.73. The fourth-order valence-corrected chi connectivity index (χ4v) is 5.21. The second kappa shape index (κ2) is 8.23. The number of aromatic nitrogens is 2. The van der Waals surface area contributed by atoms with Crippen LogP contribution in [-0.2, 0) is 4.79 Å². The molecule has 5 rings (SSSR count). The maximum Gasteiger partial charge on any atom is 0.573 e. The summed E-state index contributed by atoms with van der Waals surface area (Å²) in [6, 6.07) is 9.90. The van der Waals surface area contributed by atoms with Gasteiger partial charge in [-0.25, -0.2) is 9.37 Å². The van der Waals surface area contributed by atoms with Crippen molar-refractivity contribution in [2.45, 2.75) is 56.0 Å². The van der Waals surface area contributed by atoms with Crippen LogP contribution in [0.4, 0.5) is 17.6 Å². The monoisotopic (exact) mass is 474 g/mol. The zero-order chi connectivity index (χ0) is 24.1. The Balaban J connectivity index is 1.27. The van der Waals surface area contributed by atoms with E-state index in [0.717, 1.165) is 11.3 Å². The molecule has 2 aromatic carbocycles. The van der Waals surface area contributed by atoms with Crippen molar-refractivity contribution in [3.8, 4) is 17.0 Å². The number of hydrogen-bond donors (Lipinski definition) is 1. The van der Waals surface area contributed by atoms with Crippen LogP contribution >= 0.6 is 0 Å². The van der Waals surface area contributed by atoms with Crippen LogP contribution in [0.3, 0.4) is 0 Å². The summed E-state index contributed by atoms with van der Waals surface area (Å²) in [5.41, 5.74) is 1.18. The molecule has 178 valence electrons. The van der Waals surface area contributed by atoms with E-state index in [0.29, 0.717) is 24.0 Å². The van der Waals surface area contributed by atoms with E-state index in [1.165, 1.54) is 18.2 Å². The lowest BCUT2D eigenvalue weighted by Gasteiger charge is -2.35. The summed E-state index contributed by atoms with van der Waals surface area (Å²) in [4.78, 5) is 17.3. The average Bonchev–Trinajstić information content (AvgIpc) is 3.37. The molecule has 0 spiro atoms. The Hall–Kier alpha value is -3.20. The molecule has 2 heterocycles. The van der Waals surface area contributed by atoms with Gasteiger partial charge in [0.05, 0.1) is 24.3 Å². The third-order valence-electron chi connectivity index (χ3n) is 6.96. The number of aliphatic hydroxyl groups is 1. The van der Waals surface area contributed by atoms with Crippen LogP contribution in [0.2, 0.25) is 0 Å². The highest BCUT2D eigenvalue weighted by Crippen LogP contribution is 2.45. The largest absolute Gasteiger partial charge is 0.573 e. The standard InChI is InChI=1S/C25H22F4N2O3/c26-19-3-1-2-18-21-13-30-14-31(21)20(23(18)19)12-22(32)24(33)10-8-16(9-11-24)15-4-6-17(7-5-15)34-25(27,28)29/h1-7,13-14,16,20,33H,8-12H2. The topological polar surface area (TPSA) is 64.4 Å². The first-order chi connectivity index (χ1) is 16.1. The van der Waals surface area contributed by atoms with Crippen molar-refractivity contribution in [3.63, 3.8) is 0 Å². The Morgan fingerprint density at radius 2 is 1.85 bits per heavy atom. The zero-order valence-corrected chi connectivity index (χ0v) is 18.1. The normalized spacial score (nSPS) is 23.9. The van der Waals surface area contributed by atoms with Gasteiger partial charge in [-0.15, -0.1) is 13.2 Å². The summed E-state index contributed by atoms with van der Waals surface area (Å²) in [7, 11) is 0. The minimum absolute atomic E-state index is 0.0120. The van der Waals surface area contributed by atoms with Gasteiger partial charge in [0.2, 0.25) is 0 Å². The minimum atomic E-state index is -4.75. The van der Waals surface area contributed by atoms with Gasteiger partial charge < -0.3 is 14.4 Å². The van der Waals surface area contributed by atoms with Crippen LogP contribution in [0.5, 0.6) is 5.75 Å². The molecule has 1 unspecified atom stereocenters. The zero-order valence-electron chi connectivity index (χ0n) is 18.1.